The molecule has 118 valence electrons. The van der Waals surface area contributed by atoms with Crippen LogP contribution in [0, 0.1) is 0 Å². The molecule has 1 aromatic heterocycles. The van der Waals surface area contributed by atoms with Gasteiger partial charge < -0.3 is 10.6 Å². The summed E-state index contributed by atoms with van der Waals surface area (Å²) in [4.78, 5) is 19.6. The van der Waals surface area contributed by atoms with Gasteiger partial charge in [-0.2, -0.15) is 0 Å². The average Bonchev–Trinajstić information content (AvgIpc) is 2.44. The number of halogens is 2. The molecule has 1 unspecified atom stereocenters. The fourth-order valence-corrected chi connectivity index (χ4v) is 2.70. The van der Waals surface area contributed by atoms with Crippen molar-refractivity contribution < 1.29 is 9.00 Å². The lowest BCUT2D eigenvalue weighted by atomic mass is 10.3. The minimum absolute atomic E-state index is 0.118. The van der Waals surface area contributed by atoms with Gasteiger partial charge in [0, 0.05) is 26.3 Å². The van der Waals surface area contributed by atoms with Crippen LogP contribution in [0.15, 0.2) is 17.2 Å². The SMILES string of the molecule is CC(=O)NCCNc1nc2cc(Cl)c(Cl)cc2nc1S(C)=O. The highest BCUT2D eigenvalue weighted by Crippen LogP contribution is 2.28. The summed E-state index contributed by atoms with van der Waals surface area (Å²) in [6.45, 7) is 2.30. The number of hydrogen-bond acceptors (Lipinski definition) is 5. The number of nitrogens with one attached hydrogen (secondary N) is 2. The van der Waals surface area contributed by atoms with Gasteiger partial charge in [0.25, 0.3) is 0 Å². The van der Waals surface area contributed by atoms with Crippen LogP contribution < -0.4 is 10.6 Å². The molecule has 0 aliphatic carbocycles. The van der Waals surface area contributed by atoms with Gasteiger partial charge in [-0.3, -0.25) is 9.00 Å². The smallest absolute Gasteiger partial charge is 0.216 e. The monoisotopic (exact) mass is 360 g/mol. The van der Waals surface area contributed by atoms with Crippen molar-refractivity contribution in [2.24, 2.45) is 0 Å². The predicted molar refractivity (Wildman–Crippen MR) is 89.1 cm³/mol. The number of aromatic nitrogens is 2. The van der Waals surface area contributed by atoms with Crippen molar-refractivity contribution in [1.82, 2.24) is 15.3 Å². The van der Waals surface area contributed by atoms with E-state index in [1.54, 1.807) is 12.1 Å². The van der Waals surface area contributed by atoms with Crippen LogP contribution in [0.5, 0.6) is 0 Å². The molecule has 9 heteroatoms. The molecule has 0 aliphatic rings. The van der Waals surface area contributed by atoms with Crippen LogP contribution in [0.3, 0.4) is 0 Å². The van der Waals surface area contributed by atoms with Gasteiger partial charge in [0.2, 0.25) is 5.91 Å². The van der Waals surface area contributed by atoms with Crippen LogP contribution in [0.2, 0.25) is 10.0 Å². The van der Waals surface area contributed by atoms with E-state index in [-0.39, 0.29) is 5.91 Å². The Morgan fingerprint density at radius 2 is 1.77 bits per heavy atom. The first-order valence-electron chi connectivity index (χ1n) is 6.37. The van der Waals surface area contributed by atoms with E-state index in [1.165, 1.54) is 13.2 Å². The molecule has 6 nitrogen and oxygen atoms in total. The highest BCUT2D eigenvalue weighted by molar-refractivity contribution is 7.84. The Labute approximate surface area is 140 Å². The average molecular weight is 361 g/mol. The van der Waals surface area contributed by atoms with Gasteiger partial charge in [0.15, 0.2) is 10.8 Å². The van der Waals surface area contributed by atoms with Crippen LogP contribution >= 0.6 is 23.2 Å². The van der Waals surface area contributed by atoms with E-state index in [2.05, 4.69) is 20.6 Å². The van der Waals surface area contributed by atoms with E-state index < -0.39 is 10.8 Å². The van der Waals surface area contributed by atoms with Crippen LogP contribution in [0.4, 0.5) is 5.82 Å². The lowest BCUT2D eigenvalue weighted by molar-refractivity contribution is -0.118. The molecule has 0 aliphatic heterocycles. The van der Waals surface area contributed by atoms with E-state index in [0.717, 1.165) is 0 Å². The van der Waals surface area contributed by atoms with Crippen molar-refractivity contribution >= 4 is 56.8 Å². The molecule has 1 amide bonds. The van der Waals surface area contributed by atoms with Crippen LogP contribution in [-0.4, -0.2) is 39.4 Å². The molecule has 0 fully saturated rings. The van der Waals surface area contributed by atoms with Crippen molar-refractivity contribution in [3.8, 4) is 0 Å². The quantitative estimate of drug-likeness (QED) is 0.798. The van der Waals surface area contributed by atoms with Crippen molar-refractivity contribution in [3.63, 3.8) is 0 Å². The summed E-state index contributed by atoms with van der Waals surface area (Å²) in [5, 5.41) is 6.74. The zero-order chi connectivity index (χ0) is 16.3. The summed E-state index contributed by atoms with van der Waals surface area (Å²) in [6.07, 6.45) is 1.52. The second-order valence-corrected chi connectivity index (χ2v) is 6.61. The molecule has 0 saturated heterocycles. The zero-order valence-electron chi connectivity index (χ0n) is 11.9. The summed E-state index contributed by atoms with van der Waals surface area (Å²) in [6, 6.07) is 3.19. The number of rotatable bonds is 5. The number of amides is 1. The molecule has 0 bridgehead atoms. The van der Waals surface area contributed by atoms with Gasteiger partial charge in [-0.1, -0.05) is 23.2 Å². The van der Waals surface area contributed by atoms with Crippen LogP contribution in [-0.2, 0) is 15.6 Å². The third kappa shape index (κ3) is 4.06. The number of benzene rings is 1. The first-order valence-corrected chi connectivity index (χ1v) is 8.68. The van der Waals surface area contributed by atoms with Gasteiger partial charge in [-0.15, -0.1) is 0 Å². The summed E-state index contributed by atoms with van der Waals surface area (Å²) in [5.74, 6) is 0.282. The van der Waals surface area contributed by atoms with Crippen LogP contribution in [0.25, 0.3) is 11.0 Å². The summed E-state index contributed by atoms with van der Waals surface area (Å²) in [5.41, 5.74) is 1.07. The fourth-order valence-electron chi connectivity index (χ4n) is 1.77. The predicted octanol–water partition coefficient (Wildman–Crippen LogP) is 2.22. The Morgan fingerprint density at radius 1 is 1.18 bits per heavy atom. The molecule has 1 aromatic carbocycles. The standard InChI is InChI=1S/C13H14Cl2N4O2S/c1-7(20)16-3-4-17-12-13(22(2)21)19-11-6-9(15)8(14)5-10(11)18-12/h5-6H,3-4H2,1-2H3,(H,16,20)(H,17,18). The lowest BCUT2D eigenvalue weighted by Gasteiger charge is -2.11. The largest absolute Gasteiger partial charge is 0.366 e. The Bertz CT molecular complexity index is 754. The van der Waals surface area contributed by atoms with Gasteiger partial charge in [0.05, 0.1) is 31.9 Å². The number of hydrogen-bond donors (Lipinski definition) is 2. The Hall–Kier alpha value is -1.44. The van der Waals surface area contributed by atoms with Gasteiger partial charge in [-0.05, 0) is 12.1 Å². The van der Waals surface area contributed by atoms with Crippen molar-refractivity contribution in [2.75, 3.05) is 24.7 Å². The van der Waals surface area contributed by atoms with E-state index in [9.17, 15) is 9.00 Å². The number of fused-ring (bicyclic) bond motifs is 1. The van der Waals surface area contributed by atoms with Gasteiger partial charge in [-0.25, -0.2) is 9.97 Å². The maximum atomic E-state index is 11.8. The molecule has 0 spiro atoms. The number of nitrogens with zero attached hydrogens (tertiary/aromatic N) is 2. The van der Waals surface area contributed by atoms with Crippen molar-refractivity contribution in [3.05, 3.63) is 22.2 Å². The highest BCUT2D eigenvalue weighted by Gasteiger charge is 2.13. The Kier molecular flexibility index (Phi) is 5.55. The molecule has 0 radical (unpaired) electrons. The highest BCUT2D eigenvalue weighted by atomic mass is 35.5. The summed E-state index contributed by atoms with van der Waals surface area (Å²) in [7, 11) is -1.32. The van der Waals surface area contributed by atoms with E-state index in [4.69, 9.17) is 23.2 Å². The zero-order valence-corrected chi connectivity index (χ0v) is 14.3. The lowest BCUT2D eigenvalue weighted by Crippen LogP contribution is -2.26. The maximum Gasteiger partial charge on any atom is 0.216 e. The molecular formula is C13H14Cl2N4O2S. The number of anilines is 1. The Morgan fingerprint density at radius 3 is 2.32 bits per heavy atom. The van der Waals surface area contributed by atoms with Gasteiger partial charge >= 0.3 is 0 Å². The topological polar surface area (TPSA) is 84.0 Å². The minimum atomic E-state index is -1.32. The molecule has 2 N–H and O–H groups in total. The van der Waals surface area contributed by atoms with E-state index in [0.29, 0.717) is 45.0 Å². The third-order valence-corrected chi connectivity index (χ3v) is 4.29. The minimum Gasteiger partial charge on any atom is -0.366 e. The Balaban J connectivity index is 2.34. The normalized spacial score (nSPS) is 12.2. The van der Waals surface area contributed by atoms with Gasteiger partial charge in [0.1, 0.15) is 0 Å². The van der Waals surface area contributed by atoms with Crippen LogP contribution in [0.1, 0.15) is 6.92 Å². The molecule has 2 rings (SSSR count). The molecule has 1 heterocycles. The maximum absolute atomic E-state index is 11.8. The molecule has 2 aromatic rings. The third-order valence-electron chi connectivity index (χ3n) is 2.74. The molecular weight excluding hydrogens is 347 g/mol. The van der Waals surface area contributed by atoms with E-state index >= 15 is 0 Å². The summed E-state index contributed by atoms with van der Waals surface area (Å²) < 4.78 is 11.8. The fraction of sp³-hybridized carbons (Fsp3) is 0.308. The molecule has 22 heavy (non-hydrogen) atoms. The van der Waals surface area contributed by atoms with E-state index in [1.807, 2.05) is 0 Å². The first kappa shape index (κ1) is 16.9. The van der Waals surface area contributed by atoms with Crippen molar-refractivity contribution in [2.45, 2.75) is 11.9 Å². The number of carbonyl (C=O) groups is 1. The second-order valence-electron chi connectivity index (χ2n) is 4.50. The molecule has 0 saturated carbocycles. The summed E-state index contributed by atoms with van der Waals surface area (Å²) >= 11 is 11.9. The van der Waals surface area contributed by atoms with Crippen molar-refractivity contribution in [1.29, 1.82) is 0 Å². The second kappa shape index (κ2) is 7.21. The number of carbonyl (C=O) groups excluding carboxylic acids is 1. The molecule has 1 atom stereocenters. The first-order chi connectivity index (χ1) is 10.4.